The summed E-state index contributed by atoms with van der Waals surface area (Å²) in [4.78, 5) is 19.9. The molecule has 25 heavy (non-hydrogen) atoms. The van der Waals surface area contributed by atoms with Gasteiger partial charge in [-0.15, -0.1) is 11.3 Å². The zero-order valence-corrected chi connectivity index (χ0v) is 14.9. The van der Waals surface area contributed by atoms with Gasteiger partial charge in [0, 0.05) is 30.8 Å². The largest absolute Gasteiger partial charge is 0.491 e. The third-order valence-electron chi connectivity index (χ3n) is 5.19. The van der Waals surface area contributed by atoms with Gasteiger partial charge < -0.3 is 14.4 Å². The minimum absolute atomic E-state index is 0.112. The Labute approximate surface area is 151 Å². The number of hydrogen-bond donors (Lipinski definition) is 0. The van der Waals surface area contributed by atoms with Crippen LogP contribution in [0.1, 0.15) is 17.7 Å². The molecule has 0 saturated carbocycles. The van der Waals surface area contributed by atoms with Crippen molar-refractivity contribution in [1.82, 2.24) is 9.88 Å². The maximum Gasteiger partial charge on any atom is 0.227 e. The molecule has 2 aliphatic heterocycles. The van der Waals surface area contributed by atoms with Crippen molar-refractivity contribution in [1.29, 1.82) is 0 Å². The third kappa shape index (κ3) is 3.55. The number of ether oxygens (including phenoxy) is 2. The van der Waals surface area contributed by atoms with E-state index >= 15 is 0 Å². The number of amides is 1. The smallest absolute Gasteiger partial charge is 0.227 e. The molecule has 4 rings (SSSR count). The van der Waals surface area contributed by atoms with Gasteiger partial charge in [0.05, 0.1) is 30.7 Å². The first kappa shape index (κ1) is 16.5. The average molecular weight is 358 g/mol. The van der Waals surface area contributed by atoms with Gasteiger partial charge in [0.15, 0.2) is 0 Å². The Hall–Kier alpha value is -1.92. The monoisotopic (exact) mass is 358 g/mol. The van der Waals surface area contributed by atoms with Crippen LogP contribution in [0.4, 0.5) is 0 Å². The molecule has 0 unspecified atom stereocenters. The zero-order valence-electron chi connectivity index (χ0n) is 14.1. The number of carbonyl (C=O) groups excluding carboxylic acids is 1. The van der Waals surface area contributed by atoms with Crippen LogP contribution in [0.5, 0.6) is 5.75 Å². The lowest BCUT2D eigenvalue weighted by Gasteiger charge is -2.43. The first-order valence-electron chi connectivity index (χ1n) is 8.70. The number of likely N-dealkylation sites (tertiary alicyclic amines) is 1. The molecule has 0 spiro atoms. The van der Waals surface area contributed by atoms with Crippen LogP contribution in [0.25, 0.3) is 0 Å². The Morgan fingerprint density at radius 2 is 2.40 bits per heavy atom. The molecule has 2 fully saturated rings. The second-order valence-corrected chi connectivity index (χ2v) is 7.84. The van der Waals surface area contributed by atoms with E-state index in [9.17, 15) is 4.79 Å². The lowest BCUT2D eigenvalue weighted by atomic mass is 9.77. The fraction of sp³-hybridized carbons (Fsp3) is 0.474. The minimum atomic E-state index is -0.112. The van der Waals surface area contributed by atoms with Crippen molar-refractivity contribution in [3.8, 4) is 5.75 Å². The second kappa shape index (κ2) is 7.14. The summed E-state index contributed by atoms with van der Waals surface area (Å²) >= 11 is 1.64. The highest BCUT2D eigenvalue weighted by Crippen LogP contribution is 2.41. The predicted octanol–water partition coefficient (Wildman–Crippen LogP) is 2.77. The van der Waals surface area contributed by atoms with E-state index in [0.29, 0.717) is 19.6 Å². The number of carbonyl (C=O) groups is 1. The van der Waals surface area contributed by atoms with E-state index in [-0.39, 0.29) is 17.4 Å². The molecule has 0 aliphatic carbocycles. The maximum atomic E-state index is 12.7. The van der Waals surface area contributed by atoms with Crippen LogP contribution in [0.2, 0.25) is 0 Å². The van der Waals surface area contributed by atoms with Gasteiger partial charge >= 0.3 is 0 Å². The van der Waals surface area contributed by atoms with Gasteiger partial charge in [-0.1, -0.05) is 6.07 Å². The van der Waals surface area contributed by atoms with Crippen LogP contribution >= 0.6 is 11.3 Å². The Morgan fingerprint density at radius 1 is 1.44 bits per heavy atom. The van der Waals surface area contributed by atoms with Gasteiger partial charge in [0.25, 0.3) is 0 Å². The third-order valence-corrected chi connectivity index (χ3v) is 6.06. The standard InChI is InChI=1S/C19H22N2O3S/c22-18(11-16-4-2-10-25-16)21-8-5-17-19(13-21,6-9-23-17)14-24-15-3-1-7-20-12-15/h1-4,7,10,12,17H,5-6,8-9,11,13-14H2/t17-,19+/m0/s1. The summed E-state index contributed by atoms with van der Waals surface area (Å²) in [7, 11) is 0. The second-order valence-electron chi connectivity index (χ2n) is 6.81. The van der Waals surface area contributed by atoms with Crippen LogP contribution < -0.4 is 4.74 Å². The summed E-state index contributed by atoms with van der Waals surface area (Å²) in [5.74, 6) is 0.970. The van der Waals surface area contributed by atoms with Crippen molar-refractivity contribution in [2.24, 2.45) is 5.41 Å². The number of aromatic nitrogens is 1. The van der Waals surface area contributed by atoms with Gasteiger partial charge in [-0.2, -0.15) is 0 Å². The molecule has 6 heteroatoms. The number of piperidine rings is 1. The van der Waals surface area contributed by atoms with E-state index in [1.54, 1.807) is 23.7 Å². The maximum absolute atomic E-state index is 12.7. The van der Waals surface area contributed by atoms with Gasteiger partial charge in [-0.25, -0.2) is 0 Å². The van der Waals surface area contributed by atoms with Gasteiger partial charge in [0.2, 0.25) is 5.91 Å². The van der Waals surface area contributed by atoms with E-state index in [1.807, 2.05) is 34.5 Å². The number of rotatable bonds is 5. The van der Waals surface area contributed by atoms with E-state index in [0.717, 1.165) is 36.6 Å². The number of pyridine rings is 1. The quantitative estimate of drug-likeness (QED) is 0.825. The fourth-order valence-electron chi connectivity index (χ4n) is 3.80. The number of fused-ring (bicyclic) bond motifs is 1. The highest BCUT2D eigenvalue weighted by atomic mass is 32.1. The van der Waals surface area contributed by atoms with E-state index in [4.69, 9.17) is 9.47 Å². The predicted molar refractivity (Wildman–Crippen MR) is 95.7 cm³/mol. The molecule has 2 aliphatic rings. The van der Waals surface area contributed by atoms with Crippen molar-refractivity contribution in [3.05, 3.63) is 46.9 Å². The Morgan fingerprint density at radius 3 is 3.20 bits per heavy atom. The summed E-state index contributed by atoms with van der Waals surface area (Å²) in [5, 5.41) is 2.02. The SMILES string of the molecule is O=C(Cc1cccs1)N1CC[C@@H]2OCC[C@]2(COc2cccnc2)C1. The molecular weight excluding hydrogens is 336 g/mol. The van der Waals surface area contributed by atoms with Crippen molar-refractivity contribution in [2.45, 2.75) is 25.4 Å². The van der Waals surface area contributed by atoms with E-state index in [1.165, 1.54) is 0 Å². The molecule has 5 nitrogen and oxygen atoms in total. The highest BCUT2D eigenvalue weighted by Gasteiger charge is 2.49. The van der Waals surface area contributed by atoms with Gasteiger partial charge in [0.1, 0.15) is 5.75 Å². The lowest BCUT2D eigenvalue weighted by molar-refractivity contribution is -0.137. The summed E-state index contributed by atoms with van der Waals surface area (Å²) < 4.78 is 12.0. The van der Waals surface area contributed by atoms with Gasteiger partial charge in [-0.05, 0) is 36.4 Å². The summed E-state index contributed by atoms with van der Waals surface area (Å²) in [5.41, 5.74) is -0.112. The molecule has 2 saturated heterocycles. The number of hydrogen-bond acceptors (Lipinski definition) is 5. The van der Waals surface area contributed by atoms with Crippen LogP contribution in [-0.4, -0.2) is 48.2 Å². The number of thiophene rings is 1. The molecule has 4 heterocycles. The van der Waals surface area contributed by atoms with Crippen LogP contribution in [0, 0.1) is 5.41 Å². The van der Waals surface area contributed by atoms with Crippen molar-refractivity contribution in [3.63, 3.8) is 0 Å². The van der Waals surface area contributed by atoms with Crippen LogP contribution in [-0.2, 0) is 16.0 Å². The van der Waals surface area contributed by atoms with Crippen LogP contribution in [0.15, 0.2) is 42.0 Å². The van der Waals surface area contributed by atoms with Crippen LogP contribution in [0.3, 0.4) is 0 Å². The molecule has 0 aromatic carbocycles. The van der Waals surface area contributed by atoms with Crippen molar-refractivity contribution >= 4 is 17.2 Å². The molecule has 1 amide bonds. The Kier molecular flexibility index (Phi) is 4.72. The van der Waals surface area contributed by atoms with E-state index in [2.05, 4.69) is 4.98 Å². The molecule has 2 atom stereocenters. The highest BCUT2D eigenvalue weighted by molar-refractivity contribution is 7.10. The minimum Gasteiger partial charge on any atom is -0.491 e. The summed E-state index contributed by atoms with van der Waals surface area (Å²) in [6.45, 7) is 2.78. The first-order valence-corrected chi connectivity index (χ1v) is 9.58. The topological polar surface area (TPSA) is 51.7 Å². The Bertz CT molecular complexity index is 707. The molecular formula is C19H22N2O3S. The fourth-order valence-corrected chi connectivity index (χ4v) is 4.50. The summed E-state index contributed by atoms with van der Waals surface area (Å²) in [6.07, 6.45) is 5.94. The zero-order chi connectivity index (χ0) is 17.1. The normalized spacial score (nSPS) is 25.6. The molecule has 2 aromatic rings. The summed E-state index contributed by atoms with van der Waals surface area (Å²) in [6, 6.07) is 7.80. The molecule has 0 bridgehead atoms. The van der Waals surface area contributed by atoms with Crippen molar-refractivity contribution < 1.29 is 14.3 Å². The molecule has 132 valence electrons. The lowest BCUT2D eigenvalue weighted by Crippen LogP contribution is -2.54. The van der Waals surface area contributed by atoms with Gasteiger partial charge in [-0.3, -0.25) is 9.78 Å². The average Bonchev–Trinajstić information content (AvgIpc) is 3.30. The first-order chi connectivity index (χ1) is 12.3. The Balaban J connectivity index is 1.44. The molecule has 0 radical (unpaired) electrons. The molecule has 2 aromatic heterocycles. The number of nitrogens with zero attached hydrogens (tertiary/aromatic N) is 2. The van der Waals surface area contributed by atoms with Crippen molar-refractivity contribution in [2.75, 3.05) is 26.3 Å². The molecule has 0 N–H and O–H groups in total. The van der Waals surface area contributed by atoms with E-state index < -0.39 is 0 Å².